The first-order valence-corrected chi connectivity index (χ1v) is 7.60. The van der Waals surface area contributed by atoms with Gasteiger partial charge < -0.3 is 15.8 Å². The second kappa shape index (κ2) is 7.83. The molecule has 2 heterocycles. The second-order valence-corrected chi connectivity index (χ2v) is 5.27. The molecule has 0 saturated carbocycles. The predicted octanol–water partition coefficient (Wildman–Crippen LogP) is 2.16. The highest BCUT2D eigenvalue weighted by atomic mass is 16.6. The minimum Gasteiger partial charge on any atom is -0.449 e. The molecule has 21 heavy (non-hydrogen) atoms. The molecule has 1 fully saturated rings. The van der Waals surface area contributed by atoms with Crippen LogP contribution in [0.2, 0.25) is 0 Å². The summed E-state index contributed by atoms with van der Waals surface area (Å²) in [5.74, 6) is 0. The Balaban J connectivity index is 2.17. The SMILES string of the molecule is CCCCOC(=O)N(c1ccncc1N)C1CCCNC1. The Hall–Kier alpha value is -1.82. The molecule has 1 aromatic rings. The highest BCUT2D eigenvalue weighted by molar-refractivity contribution is 5.92. The van der Waals surface area contributed by atoms with Crippen LogP contribution in [0.1, 0.15) is 32.6 Å². The van der Waals surface area contributed by atoms with E-state index in [9.17, 15) is 4.79 Å². The van der Waals surface area contributed by atoms with E-state index in [0.717, 1.165) is 38.8 Å². The molecule has 0 aliphatic carbocycles. The summed E-state index contributed by atoms with van der Waals surface area (Å²) in [6.07, 6.45) is 6.73. The lowest BCUT2D eigenvalue weighted by molar-refractivity contribution is 0.148. The van der Waals surface area contributed by atoms with Crippen LogP contribution in [-0.4, -0.2) is 36.8 Å². The molecule has 6 heteroatoms. The maximum absolute atomic E-state index is 12.5. The van der Waals surface area contributed by atoms with Crippen molar-refractivity contribution in [1.82, 2.24) is 10.3 Å². The summed E-state index contributed by atoms with van der Waals surface area (Å²) in [4.78, 5) is 18.1. The van der Waals surface area contributed by atoms with E-state index in [1.807, 2.05) is 0 Å². The molecule has 0 bridgehead atoms. The zero-order valence-electron chi connectivity index (χ0n) is 12.5. The Kier molecular flexibility index (Phi) is 5.80. The normalized spacial score (nSPS) is 18.2. The number of piperidine rings is 1. The smallest absolute Gasteiger partial charge is 0.414 e. The number of nitrogens with one attached hydrogen (secondary N) is 1. The second-order valence-electron chi connectivity index (χ2n) is 5.27. The number of nitrogens with zero attached hydrogens (tertiary/aromatic N) is 2. The van der Waals surface area contributed by atoms with Crippen LogP contribution in [0, 0.1) is 0 Å². The van der Waals surface area contributed by atoms with Crippen molar-refractivity contribution in [3.63, 3.8) is 0 Å². The monoisotopic (exact) mass is 292 g/mol. The number of carbonyl (C=O) groups excluding carboxylic acids is 1. The van der Waals surface area contributed by atoms with Gasteiger partial charge in [-0.15, -0.1) is 0 Å². The van der Waals surface area contributed by atoms with Crippen LogP contribution in [0.15, 0.2) is 18.5 Å². The number of amides is 1. The fourth-order valence-corrected chi connectivity index (χ4v) is 2.49. The molecular weight excluding hydrogens is 268 g/mol. The number of carbonyl (C=O) groups is 1. The lowest BCUT2D eigenvalue weighted by Crippen LogP contribution is -2.49. The molecule has 3 N–H and O–H groups in total. The first-order valence-electron chi connectivity index (χ1n) is 7.60. The lowest BCUT2D eigenvalue weighted by Gasteiger charge is -2.34. The maximum Gasteiger partial charge on any atom is 0.414 e. The van der Waals surface area contributed by atoms with Gasteiger partial charge in [-0.1, -0.05) is 13.3 Å². The Morgan fingerprint density at radius 3 is 3.14 bits per heavy atom. The molecule has 1 aromatic heterocycles. The number of hydrogen-bond acceptors (Lipinski definition) is 5. The largest absolute Gasteiger partial charge is 0.449 e. The number of anilines is 2. The number of nitrogen functional groups attached to an aromatic ring is 1. The van der Waals surface area contributed by atoms with Crippen LogP contribution in [0.25, 0.3) is 0 Å². The van der Waals surface area contributed by atoms with E-state index in [-0.39, 0.29) is 12.1 Å². The maximum atomic E-state index is 12.5. The Bertz CT molecular complexity index is 461. The minimum atomic E-state index is -0.324. The van der Waals surface area contributed by atoms with Crippen molar-refractivity contribution in [2.45, 2.75) is 38.6 Å². The zero-order valence-corrected chi connectivity index (χ0v) is 12.5. The number of hydrogen-bond donors (Lipinski definition) is 2. The van der Waals surface area contributed by atoms with Crippen LogP contribution < -0.4 is 16.0 Å². The fourth-order valence-electron chi connectivity index (χ4n) is 2.49. The molecule has 0 radical (unpaired) electrons. The van der Waals surface area contributed by atoms with Crippen molar-refractivity contribution in [2.75, 3.05) is 30.3 Å². The topological polar surface area (TPSA) is 80.5 Å². The molecule has 1 saturated heterocycles. The third-order valence-electron chi connectivity index (χ3n) is 3.64. The average molecular weight is 292 g/mol. The van der Waals surface area contributed by atoms with Crippen molar-refractivity contribution >= 4 is 17.5 Å². The van der Waals surface area contributed by atoms with Gasteiger partial charge in [0.05, 0.1) is 30.2 Å². The van der Waals surface area contributed by atoms with E-state index in [2.05, 4.69) is 17.2 Å². The van der Waals surface area contributed by atoms with Crippen LogP contribution >= 0.6 is 0 Å². The van der Waals surface area contributed by atoms with E-state index in [1.165, 1.54) is 0 Å². The van der Waals surface area contributed by atoms with Crippen molar-refractivity contribution in [3.8, 4) is 0 Å². The number of ether oxygens (including phenoxy) is 1. The van der Waals surface area contributed by atoms with Gasteiger partial charge in [0.1, 0.15) is 0 Å². The van der Waals surface area contributed by atoms with Gasteiger partial charge in [-0.3, -0.25) is 9.88 Å². The number of nitrogens with two attached hydrogens (primary N) is 1. The van der Waals surface area contributed by atoms with Gasteiger partial charge in [0.25, 0.3) is 0 Å². The van der Waals surface area contributed by atoms with Crippen molar-refractivity contribution in [2.24, 2.45) is 0 Å². The van der Waals surface area contributed by atoms with E-state index in [1.54, 1.807) is 23.4 Å². The zero-order chi connectivity index (χ0) is 15.1. The molecule has 1 aliphatic rings. The fraction of sp³-hybridized carbons (Fsp3) is 0.600. The Morgan fingerprint density at radius 2 is 2.48 bits per heavy atom. The molecule has 2 rings (SSSR count). The van der Waals surface area contributed by atoms with E-state index in [0.29, 0.717) is 18.0 Å². The van der Waals surface area contributed by atoms with Gasteiger partial charge in [0.15, 0.2) is 0 Å². The van der Waals surface area contributed by atoms with Gasteiger partial charge in [-0.05, 0) is 31.9 Å². The Labute approximate surface area is 125 Å². The van der Waals surface area contributed by atoms with Crippen LogP contribution in [0.5, 0.6) is 0 Å². The summed E-state index contributed by atoms with van der Waals surface area (Å²) in [5.41, 5.74) is 7.16. The van der Waals surface area contributed by atoms with Gasteiger partial charge in [0, 0.05) is 12.7 Å². The van der Waals surface area contributed by atoms with Crippen LogP contribution in [0.3, 0.4) is 0 Å². The van der Waals surface area contributed by atoms with Crippen molar-refractivity contribution in [3.05, 3.63) is 18.5 Å². The third kappa shape index (κ3) is 4.07. The summed E-state index contributed by atoms with van der Waals surface area (Å²) < 4.78 is 5.39. The van der Waals surface area contributed by atoms with E-state index >= 15 is 0 Å². The van der Waals surface area contributed by atoms with E-state index in [4.69, 9.17) is 10.5 Å². The van der Waals surface area contributed by atoms with Crippen molar-refractivity contribution in [1.29, 1.82) is 0 Å². The first kappa shape index (κ1) is 15.6. The number of rotatable bonds is 5. The van der Waals surface area contributed by atoms with Gasteiger partial charge in [-0.2, -0.15) is 0 Å². The summed E-state index contributed by atoms with van der Waals surface area (Å²) >= 11 is 0. The van der Waals surface area contributed by atoms with Crippen molar-refractivity contribution < 1.29 is 9.53 Å². The molecule has 0 spiro atoms. The lowest BCUT2D eigenvalue weighted by atomic mass is 10.1. The predicted molar refractivity (Wildman–Crippen MR) is 83.3 cm³/mol. The van der Waals surface area contributed by atoms with Crippen LogP contribution in [-0.2, 0) is 4.74 Å². The highest BCUT2D eigenvalue weighted by Gasteiger charge is 2.29. The number of aromatic nitrogens is 1. The molecule has 1 atom stereocenters. The standard InChI is InChI=1S/C15H24N4O2/c1-2-3-9-21-15(20)19(12-5-4-7-17-10-12)14-6-8-18-11-13(14)16/h6,8,11-12,17H,2-5,7,9-10,16H2,1H3. The molecule has 1 amide bonds. The number of pyridine rings is 1. The van der Waals surface area contributed by atoms with Gasteiger partial charge in [0.2, 0.25) is 0 Å². The molecular formula is C15H24N4O2. The molecule has 6 nitrogen and oxygen atoms in total. The minimum absolute atomic E-state index is 0.0672. The van der Waals surface area contributed by atoms with Gasteiger partial charge in [-0.25, -0.2) is 4.79 Å². The number of unbranched alkanes of at least 4 members (excludes halogenated alkanes) is 1. The van der Waals surface area contributed by atoms with Gasteiger partial charge >= 0.3 is 6.09 Å². The highest BCUT2D eigenvalue weighted by Crippen LogP contribution is 2.26. The quantitative estimate of drug-likeness (QED) is 0.813. The third-order valence-corrected chi connectivity index (χ3v) is 3.64. The molecule has 116 valence electrons. The molecule has 1 unspecified atom stereocenters. The first-order chi connectivity index (χ1) is 10.2. The van der Waals surface area contributed by atoms with E-state index < -0.39 is 0 Å². The van der Waals surface area contributed by atoms with Crippen LogP contribution in [0.4, 0.5) is 16.2 Å². The summed E-state index contributed by atoms with van der Waals surface area (Å²) in [7, 11) is 0. The Morgan fingerprint density at radius 1 is 1.62 bits per heavy atom. The summed E-state index contributed by atoms with van der Waals surface area (Å²) in [5, 5.41) is 3.32. The summed E-state index contributed by atoms with van der Waals surface area (Å²) in [6.45, 7) is 4.25. The molecule has 0 aromatic carbocycles. The average Bonchev–Trinajstić information content (AvgIpc) is 2.51. The molecule has 1 aliphatic heterocycles. The summed E-state index contributed by atoms with van der Waals surface area (Å²) in [6, 6.07) is 1.84.